The van der Waals surface area contributed by atoms with E-state index in [2.05, 4.69) is 38.1 Å². The van der Waals surface area contributed by atoms with Gasteiger partial charge in [0.15, 0.2) is 23.0 Å². The third-order valence-corrected chi connectivity index (χ3v) is 8.40. The summed E-state index contributed by atoms with van der Waals surface area (Å²) < 4.78 is 53.8. The fourth-order valence-corrected chi connectivity index (χ4v) is 6.32. The largest absolute Gasteiger partial charge is 0.490 e. The molecule has 6 atom stereocenters. The van der Waals surface area contributed by atoms with Gasteiger partial charge in [0.05, 0.1) is 6.61 Å². The zero-order valence-corrected chi connectivity index (χ0v) is 19.9. The molecule has 4 heterocycles. The van der Waals surface area contributed by atoms with Crippen molar-refractivity contribution in [2.75, 3.05) is 6.61 Å². The van der Waals surface area contributed by atoms with E-state index in [1.807, 2.05) is 0 Å². The predicted octanol–water partition coefficient (Wildman–Crippen LogP) is -0.0167. The van der Waals surface area contributed by atoms with E-state index in [0.29, 0.717) is 5.65 Å². The van der Waals surface area contributed by atoms with Gasteiger partial charge in [0.2, 0.25) is 5.95 Å². The van der Waals surface area contributed by atoms with Crippen LogP contribution >= 0.6 is 23.5 Å². The SMILES string of the molecule is [N-]=[N+]=Nc1nc2c(ncn3ccnc23)n1[C@@H]1O[C@H](COP(=O)(O)OP(=O)(O)OP(=O)(O)O)[C@@H](O)[C@H]1O. The van der Waals surface area contributed by atoms with Crippen molar-refractivity contribution in [3.05, 3.63) is 29.2 Å². The second-order valence-corrected chi connectivity index (χ2v) is 11.4. The van der Waals surface area contributed by atoms with Crippen molar-refractivity contribution in [1.29, 1.82) is 0 Å². The molecular formula is C12H15N8O13P3. The Kier molecular flexibility index (Phi) is 7.08. The maximum absolute atomic E-state index is 11.9. The van der Waals surface area contributed by atoms with Crippen LogP contribution in [0.15, 0.2) is 23.8 Å². The molecule has 1 saturated heterocycles. The number of nitrogens with zero attached hydrogens (tertiary/aromatic N) is 8. The number of rotatable bonds is 9. The summed E-state index contributed by atoms with van der Waals surface area (Å²) in [5, 5.41) is 24.3. The first-order valence-electron chi connectivity index (χ1n) is 9.26. The molecule has 4 rings (SSSR count). The average Bonchev–Trinajstić information content (AvgIpc) is 3.41. The van der Waals surface area contributed by atoms with Crippen molar-refractivity contribution in [1.82, 2.24) is 23.9 Å². The molecule has 0 aliphatic carbocycles. The van der Waals surface area contributed by atoms with Gasteiger partial charge in [-0.2, -0.15) is 8.62 Å². The van der Waals surface area contributed by atoms with E-state index >= 15 is 0 Å². The van der Waals surface area contributed by atoms with Crippen LogP contribution in [0.4, 0.5) is 5.95 Å². The second-order valence-electron chi connectivity index (χ2n) is 6.98. The molecule has 3 aromatic heterocycles. The number of hydrogen-bond donors (Lipinski definition) is 6. The van der Waals surface area contributed by atoms with Crippen LogP contribution in [0.5, 0.6) is 0 Å². The molecule has 1 fully saturated rings. The number of aromatic nitrogens is 5. The smallest absolute Gasteiger partial charge is 0.387 e. The van der Waals surface area contributed by atoms with Gasteiger partial charge in [-0.1, -0.05) is 0 Å². The quantitative estimate of drug-likeness (QED) is 0.0849. The van der Waals surface area contributed by atoms with Gasteiger partial charge < -0.3 is 34.5 Å². The van der Waals surface area contributed by atoms with E-state index in [1.165, 1.54) is 16.9 Å². The van der Waals surface area contributed by atoms with Gasteiger partial charge in [0, 0.05) is 17.3 Å². The Hall–Kier alpha value is -2.31. The predicted molar refractivity (Wildman–Crippen MR) is 111 cm³/mol. The van der Waals surface area contributed by atoms with Crippen molar-refractivity contribution >= 4 is 46.2 Å². The van der Waals surface area contributed by atoms with Gasteiger partial charge in [0.1, 0.15) is 24.6 Å². The third-order valence-electron chi connectivity index (χ3n) is 4.60. The number of hydrogen-bond acceptors (Lipinski definition) is 13. The number of phosphoric acid groups is 3. The molecule has 0 aromatic carbocycles. The van der Waals surface area contributed by atoms with Crippen molar-refractivity contribution in [2.24, 2.45) is 5.11 Å². The average molecular weight is 572 g/mol. The highest BCUT2D eigenvalue weighted by molar-refractivity contribution is 7.66. The lowest BCUT2D eigenvalue weighted by Gasteiger charge is -2.19. The molecule has 1 aliphatic heterocycles. The van der Waals surface area contributed by atoms with Gasteiger partial charge in [-0.15, -0.1) is 0 Å². The van der Waals surface area contributed by atoms with E-state index in [-0.39, 0.29) is 17.1 Å². The van der Waals surface area contributed by atoms with Gasteiger partial charge in [-0.05, 0) is 10.6 Å². The van der Waals surface area contributed by atoms with Crippen molar-refractivity contribution in [2.45, 2.75) is 24.5 Å². The minimum absolute atomic E-state index is 0.0286. The molecule has 0 saturated carbocycles. The van der Waals surface area contributed by atoms with Crippen LogP contribution in [0.3, 0.4) is 0 Å². The van der Waals surface area contributed by atoms with E-state index in [9.17, 15) is 33.7 Å². The number of aliphatic hydroxyl groups is 2. The fourth-order valence-electron chi connectivity index (χ4n) is 3.29. The third kappa shape index (κ3) is 5.50. The molecule has 0 spiro atoms. The lowest BCUT2D eigenvalue weighted by Crippen LogP contribution is -2.33. The van der Waals surface area contributed by atoms with Crippen molar-refractivity contribution < 1.29 is 61.4 Å². The maximum atomic E-state index is 11.9. The van der Waals surface area contributed by atoms with Crippen LogP contribution in [-0.2, 0) is 31.6 Å². The molecule has 21 nitrogen and oxygen atoms in total. The van der Waals surface area contributed by atoms with Crippen LogP contribution in [0.25, 0.3) is 27.3 Å². The van der Waals surface area contributed by atoms with Crippen molar-refractivity contribution in [3.63, 3.8) is 0 Å². The van der Waals surface area contributed by atoms with E-state index < -0.39 is 54.6 Å². The number of phosphoric ester groups is 1. The molecule has 0 bridgehead atoms. The highest BCUT2D eigenvalue weighted by atomic mass is 31.3. The Labute approximate surface area is 197 Å². The summed E-state index contributed by atoms with van der Waals surface area (Å²) in [7, 11) is -16.9. The molecule has 24 heteroatoms. The summed E-state index contributed by atoms with van der Waals surface area (Å²) in [4.78, 5) is 51.0. The summed E-state index contributed by atoms with van der Waals surface area (Å²) in [5.74, 6) is -0.333. The molecular weight excluding hydrogens is 557 g/mol. The zero-order chi connectivity index (χ0) is 26.5. The zero-order valence-electron chi connectivity index (χ0n) is 17.2. The van der Waals surface area contributed by atoms with Crippen LogP contribution in [0.1, 0.15) is 6.23 Å². The highest BCUT2D eigenvalue weighted by Gasteiger charge is 2.47. The molecule has 196 valence electrons. The Balaban J connectivity index is 1.57. The second kappa shape index (κ2) is 9.53. The van der Waals surface area contributed by atoms with Crippen LogP contribution in [0, 0.1) is 0 Å². The molecule has 6 N–H and O–H groups in total. The molecule has 1 aliphatic rings. The van der Waals surface area contributed by atoms with Gasteiger partial charge >= 0.3 is 23.5 Å². The molecule has 3 aromatic rings. The number of ether oxygens (including phenoxy) is 1. The Bertz CT molecular complexity index is 1500. The Morgan fingerprint density at radius 2 is 1.81 bits per heavy atom. The number of fused-ring (bicyclic) bond motifs is 3. The van der Waals surface area contributed by atoms with Gasteiger partial charge in [-0.25, -0.2) is 28.6 Å². The van der Waals surface area contributed by atoms with E-state index in [1.54, 1.807) is 6.20 Å². The lowest BCUT2D eigenvalue weighted by atomic mass is 10.1. The molecule has 0 amide bonds. The standard InChI is InChI=1S/C12H15N8O13P3/c13-18-17-12-16-6-9-14-1-2-19(9)4-15-10(6)20(12)11-8(22)7(21)5(31-11)3-30-35(26,27)33-36(28,29)32-34(23,24)25/h1-2,4-5,7-8,11,21-22H,3H2,(H,26,27)(H,28,29)(H2,23,24,25)/t5-,7-,8-,11-/m1/s1. The van der Waals surface area contributed by atoms with Gasteiger partial charge in [-0.3, -0.25) is 13.5 Å². The summed E-state index contributed by atoms with van der Waals surface area (Å²) in [6.07, 6.45) is -2.31. The minimum atomic E-state index is -5.76. The molecule has 2 unspecified atom stereocenters. The van der Waals surface area contributed by atoms with Crippen LogP contribution in [-0.4, -0.2) is 78.6 Å². The number of aliphatic hydroxyl groups excluding tert-OH is 2. The van der Waals surface area contributed by atoms with E-state index in [4.69, 9.17) is 20.1 Å². The molecule has 0 radical (unpaired) electrons. The summed E-state index contributed by atoms with van der Waals surface area (Å²) in [6.45, 7) is -1.04. The monoisotopic (exact) mass is 572 g/mol. The fraction of sp³-hybridized carbons (Fsp3) is 0.417. The number of azide groups is 1. The van der Waals surface area contributed by atoms with Gasteiger partial charge in [0.25, 0.3) is 0 Å². The summed E-state index contributed by atoms with van der Waals surface area (Å²) in [6, 6.07) is 0. The Morgan fingerprint density at radius 3 is 2.47 bits per heavy atom. The number of imidazole rings is 2. The van der Waals surface area contributed by atoms with Crippen molar-refractivity contribution in [3.8, 4) is 0 Å². The first-order valence-corrected chi connectivity index (χ1v) is 13.8. The molecule has 36 heavy (non-hydrogen) atoms. The normalized spacial score (nSPS) is 26.1. The Morgan fingerprint density at radius 1 is 1.08 bits per heavy atom. The topological polar surface area (TPSA) is 306 Å². The summed E-state index contributed by atoms with van der Waals surface area (Å²) in [5.41, 5.74) is 9.39. The lowest BCUT2D eigenvalue weighted by molar-refractivity contribution is -0.0495. The first kappa shape index (κ1) is 26.7. The minimum Gasteiger partial charge on any atom is -0.387 e. The first-order chi connectivity index (χ1) is 16.7. The highest BCUT2D eigenvalue weighted by Crippen LogP contribution is 2.66. The van der Waals surface area contributed by atoms with E-state index in [0.717, 1.165) is 4.57 Å². The van der Waals surface area contributed by atoms with Crippen LogP contribution < -0.4 is 0 Å². The maximum Gasteiger partial charge on any atom is 0.490 e. The summed E-state index contributed by atoms with van der Waals surface area (Å²) >= 11 is 0. The van der Waals surface area contributed by atoms with Crippen LogP contribution in [0.2, 0.25) is 0 Å².